The zero-order chi connectivity index (χ0) is 3.58. The maximum absolute atomic E-state index is 8.67. The van der Waals surface area contributed by atoms with Gasteiger partial charge in [0.15, 0.2) is 0 Å². The number of hydrogen-bond acceptors (Lipinski definition) is 2. The summed E-state index contributed by atoms with van der Waals surface area (Å²) >= 11 is -3.69. The van der Waals surface area contributed by atoms with Crippen molar-refractivity contribution in [3.05, 3.63) is 0 Å². The number of hydrogen-bond donors (Lipinski definition) is 1. The van der Waals surface area contributed by atoms with Crippen LogP contribution in [0.3, 0.4) is 0 Å². The van der Waals surface area contributed by atoms with Gasteiger partial charge in [-0.25, -0.2) is 0 Å². The molecular weight excluding hydrogens is 205 g/mol. The van der Waals surface area contributed by atoms with Crippen molar-refractivity contribution in [3.8, 4) is 0 Å². The van der Waals surface area contributed by atoms with Crippen molar-refractivity contribution in [2.45, 2.75) is 0 Å². The Morgan fingerprint density at radius 1 is 0.800 bits per heavy atom. The van der Waals surface area contributed by atoms with Gasteiger partial charge in [-0.1, -0.05) is 0 Å². The molecule has 0 aromatic carbocycles. The van der Waals surface area contributed by atoms with Crippen LogP contribution in [0.1, 0.15) is 0 Å². The summed E-state index contributed by atoms with van der Waals surface area (Å²) in [7, 11) is 0. The molecule has 0 fully saturated rings. The maximum atomic E-state index is 8.67. The zero-order valence-electron chi connectivity index (χ0n) is 1.71. The Labute approximate surface area is 178 Å². The van der Waals surface area contributed by atoms with E-state index in [1.165, 1.54) is 0 Å². The second kappa shape index (κ2) is 36.7. The van der Waals surface area contributed by atoms with Crippen LogP contribution in [-0.2, 0) is 22.7 Å². The Balaban J connectivity index is -0.00000000300. The van der Waals surface area contributed by atoms with E-state index in [9.17, 15) is 0 Å². The van der Waals surface area contributed by atoms with Gasteiger partial charge in [0.05, 0.1) is 0 Å². The van der Waals surface area contributed by atoms with Crippen molar-refractivity contribution < 1.29 is 26.8 Å². The van der Waals surface area contributed by atoms with Gasteiger partial charge in [-0.05, 0) is 0 Å². The first-order valence-corrected chi connectivity index (χ1v) is 2.33. The molecule has 0 aromatic rings. The van der Waals surface area contributed by atoms with Gasteiger partial charge in [0.2, 0.25) is 0 Å². The molecule has 10 heavy (non-hydrogen) atoms. The van der Waals surface area contributed by atoms with Crippen molar-refractivity contribution in [2.75, 3.05) is 0 Å². The molecule has 0 radical (unpaired) electrons. The monoisotopic (exact) mass is 212 g/mol. The molecule has 0 saturated carbocycles. The average Bonchev–Trinajstić information content (AvgIpc) is 0.811. The molecule has 0 unspecified atom stereocenters. The molecule has 3 nitrogen and oxygen atoms in total. The molecule has 0 atom stereocenters. The molecular formula is H7Li2Na4O3V. The van der Waals surface area contributed by atoms with E-state index in [1.807, 2.05) is 0 Å². The van der Waals surface area contributed by atoms with Gasteiger partial charge in [-0.2, -0.15) is 0 Å². The fraction of sp³-hybridized carbons (Fsp3) is 0. The van der Waals surface area contributed by atoms with Crippen LogP contribution < -0.4 is 0 Å². The first-order chi connectivity index (χ1) is 1.73. The van der Waals surface area contributed by atoms with Gasteiger partial charge in [0.1, 0.15) is 0 Å². The SMILES string of the molecule is [LiH].[LiH].[NaH].[NaH].[NaH].[NaH].[O]=[V](=[O])[OH]. The molecule has 1 N–H and O–H groups in total. The third kappa shape index (κ3) is 71.2. The molecule has 0 heterocycles. The molecule has 0 saturated heterocycles. The van der Waals surface area contributed by atoms with Crippen molar-refractivity contribution in [3.63, 3.8) is 0 Å². The van der Waals surface area contributed by atoms with Crippen LogP contribution in [0, 0.1) is 0 Å². The third-order valence-corrected chi connectivity index (χ3v) is 0. The minimum absolute atomic E-state index is 0. The molecule has 0 aliphatic heterocycles. The van der Waals surface area contributed by atoms with E-state index < -0.39 is 15.4 Å². The molecule has 0 bridgehead atoms. The van der Waals surface area contributed by atoms with Crippen LogP contribution in [0.4, 0.5) is 0 Å². The zero-order valence-corrected chi connectivity index (χ0v) is 3.11. The fourth-order valence-corrected chi connectivity index (χ4v) is 0. The van der Waals surface area contributed by atoms with E-state index in [2.05, 4.69) is 0 Å². The van der Waals surface area contributed by atoms with E-state index in [-0.39, 0.29) is 156 Å². The van der Waals surface area contributed by atoms with Gasteiger partial charge in [0.25, 0.3) is 0 Å². The standard InChI is InChI=1S/2Li.4Na.H2O.2O.V.6H/h;;;;;;1H2;;;;;;;;;/q;;;;;;;;;+1;;;;;;/p-1. The molecule has 0 aliphatic rings. The van der Waals surface area contributed by atoms with Gasteiger partial charge < -0.3 is 0 Å². The predicted octanol–water partition coefficient (Wildman–Crippen LogP) is -4.69. The van der Waals surface area contributed by atoms with Crippen LogP contribution in [0.5, 0.6) is 0 Å². The first kappa shape index (κ1) is 45.4. The van der Waals surface area contributed by atoms with Gasteiger partial charge in [-0.3, -0.25) is 0 Å². The summed E-state index contributed by atoms with van der Waals surface area (Å²) in [6, 6.07) is 0. The third-order valence-electron chi connectivity index (χ3n) is 0. The van der Waals surface area contributed by atoms with E-state index in [0.29, 0.717) is 0 Å². The Bertz CT molecular complexity index is 66.9. The molecule has 0 amide bonds. The Morgan fingerprint density at radius 3 is 0.800 bits per heavy atom. The summed E-state index contributed by atoms with van der Waals surface area (Å²) in [6.07, 6.45) is 0. The average molecular weight is 212 g/mol. The van der Waals surface area contributed by atoms with Gasteiger partial charge in [-0.15, -0.1) is 0 Å². The Kier molecular flexibility index (Phi) is 166. The molecule has 36 valence electrons. The molecule has 0 spiro atoms. The van der Waals surface area contributed by atoms with Crippen molar-refractivity contribution >= 4 is 156 Å². The normalized spacial score (nSPS) is 2.50. The summed E-state index contributed by atoms with van der Waals surface area (Å²) in [5, 5.41) is 0. The van der Waals surface area contributed by atoms with Crippen LogP contribution in [0.25, 0.3) is 0 Å². The van der Waals surface area contributed by atoms with Gasteiger partial charge >= 0.3 is 183 Å². The summed E-state index contributed by atoms with van der Waals surface area (Å²) in [6.45, 7) is 0. The van der Waals surface area contributed by atoms with E-state index >= 15 is 0 Å². The van der Waals surface area contributed by atoms with Crippen molar-refractivity contribution in [1.82, 2.24) is 0 Å². The van der Waals surface area contributed by atoms with Crippen molar-refractivity contribution in [2.24, 2.45) is 0 Å². The Hall–Kier alpha value is 5.34. The van der Waals surface area contributed by atoms with Crippen LogP contribution in [-0.4, -0.2) is 160 Å². The summed E-state index contributed by atoms with van der Waals surface area (Å²) in [4.78, 5) is 0. The fourth-order valence-electron chi connectivity index (χ4n) is 0. The molecule has 0 aromatic heterocycles. The minimum atomic E-state index is -3.69. The van der Waals surface area contributed by atoms with Gasteiger partial charge in [0, 0.05) is 0 Å². The first-order valence-electron chi connectivity index (χ1n) is 0.565. The molecule has 0 aliphatic carbocycles. The topological polar surface area (TPSA) is 54.4 Å². The van der Waals surface area contributed by atoms with Crippen LogP contribution in [0.15, 0.2) is 0 Å². The van der Waals surface area contributed by atoms with Crippen LogP contribution in [0.2, 0.25) is 0 Å². The predicted molar refractivity (Wildman–Crippen MR) is 46.5 cm³/mol. The van der Waals surface area contributed by atoms with E-state index in [4.69, 9.17) is 11.4 Å². The summed E-state index contributed by atoms with van der Waals surface area (Å²) < 4.78 is 24.4. The van der Waals surface area contributed by atoms with Crippen LogP contribution >= 0.6 is 0 Å². The van der Waals surface area contributed by atoms with E-state index in [0.717, 1.165) is 0 Å². The molecule has 10 heteroatoms. The summed E-state index contributed by atoms with van der Waals surface area (Å²) in [5.74, 6) is 0. The second-order valence-electron chi connectivity index (χ2n) is 0.238. The Morgan fingerprint density at radius 2 is 0.800 bits per heavy atom. The second-order valence-corrected chi connectivity index (χ2v) is 0.981. The quantitative estimate of drug-likeness (QED) is 0.410. The number of rotatable bonds is 0. The van der Waals surface area contributed by atoms with E-state index in [1.54, 1.807) is 0 Å². The molecule has 0 rings (SSSR count). The van der Waals surface area contributed by atoms with Crippen molar-refractivity contribution in [1.29, 1.82) is 0 Å². The summed E-state index contributed by atoms with van der Waals surface area (Å²) in [5.41, 5.74) is 0.